The van der Waals surface area contributed by atoms with Crippen molar-refractivity contribution in [3.8, 4) is 17.2 Å². The molecule has 5 N–H and O–H groups in total. The molecule has 19 nitrogen and oxygen atoms in total. The first kappa shape index (κ1) is 45.7. The minimum absolute atomic E-state index is 0.0279. The average molecular weight is 845 g/mol. The fourth-order valence-electron chi connectivity index (χ4n) is 4.54. The van der Waals surface area contributed by atoms with E-state index in [0.717, 1.165) is 0 Å². The predicted molar refractivity (Wildman–Crippen MR) is 203 cm³/mol. The van der Waals surface area contributed by atoms with Gasteiger partial charge in [-0.25, -0.2) is 0 Å². The molecule has 0 heterocycles. The van der Waals surface area contributed by atoms with E-state index in [2.05, 4.69) is 20.9 Å². The Labute approximate surface area is 325 Å². The summed E-state index contributed by atoms with van der Waals surface area (Å²) >= 11 is 0. The van der Waals surface area contributed by atoms with E-state index in [-0.39, 0.29) is 87.6 Å². The summed E-state index contributed by atoms with van der Waals surface area (Å²) in [5, 5.41) is 13.7. The normalized spacial score (nSPS) is 12.0. The molecule has 308 valence electrons. The van der Waals surface area contributed by atoms with Crippen LogP contribution in [-0.2, 0) is 35.1 Å². The summed E-state index contributed by atoms with van der Waals surface area (Å²) in [4.78, 5) is 25.6. The van der Waals surface area contributed by atoms with Crippen molar-refractivity contribution >= 4 is 53.5 Å². The van der Waals surface area contributed by atoms with Gasteiger partial charge in [0.1, 0.15) is 0 Å². The molecule has 3 rings (SSSR count). The van der Waals surface area contributed by atoms with Crippen LogP contribution in [0.15, 0.2) is 77.0 Å². The van der Waals surface area contributed by atoms with Gasteiger partial charge in [-0.1, -0.05) is 18.2 Å². The second-order valence-electron chi connectivity index (χ2n) is 11.8. The third-order valence-corrected chi connectivity index (χ3v) is 9.55. The minimum Gasteiger partial charge on any atom is -0.489 e. The number of azo groups is 1. The minimum atomic E-state index is -4.31. The molecule has 0 aliphatic rings. The molecule has 0 unspecified atom stereocenters. The van der Waals surface area contributed by atoms with Crippen LogP contribution in [0.25, 0.3) is 0 Å². The van der Waals surface area contributed by atoms with E-state index < -0.39 is 53.5 Å². The molecule has 0 spiro atoms. The number of nitrogens with zero attached hydrogens (tertiary/aromatic N) is 2. The van der Waals surface area contributed by atoms with Crippen LogP contribution in [0, 0.1) is 0 Å². The Balaban J connectivity index is 1.54. The van der Waals surface area contributed by atoms with Gasteiger partial charge in [-0.05, 0) is 74.2 Å². The van der Waals surface area contributed by atoms with Gasteiger partial charge in [-0.3, -0.25) is 23.2 Å². The molecule has 0 atom stereocenters. The molecule has 3 aromatic carbocycles. The third-order valence-electron chi connectivity index (χ3n) is 7.13. The third kappa shape index (κ3) is 19.2. The molecule has 0 aliphatic heterocycles. The van der Waals surface area contributed by atoms with Gasteiger partial charge in [-0.2, -0.15) is 35.5 Å². The zero-order valence-electron chi connectivity index (χ0n) is 30.1. The van der Waals surface area contributed by atoms with E-state index in [0.29, 0.717) is 29.9 Å². The Morgan fingerprint density at radius 1 is 0.536 bits per heavy atom. The Kier molecular flexibility index (Phi) is 18.6. The van der Waals surface area contributed by atoms with Crippen LogP contribution in [-0.4, -0.2) is 114 Å². The molecular weight excluding hydrogens is 801 g/mol. The van der Waals surface area contributed by atoms with Gasteiger partial charge in [0.25, 0.3) is 42.2 Å². The van der Waals surface area contributed by atoms with Crippen LogP contribution >= 0.6 is 0 Å². The summed E-state index contributed by atoms with van der Waals surface area (Å²) in [5.74, 6) is -3.23. The molecule has 3 aromatic rings. The van der Waals surface area contributed by atoms with Gasteiger partial charge in [0.15, 0.2) is 11.5 Å². The zero-order valence-corrected chi connectivity index (χ0v) is 32.6. The van der Waals surface area contributed by atoms with E-state index in [4.69, 9.17) is 32.6 Å². The summed E-state index contributed by atoms with van der Waals surface area (Å²) in [6, 6.07) is 18.4. The first-order valence-corrected chi connectivity index (χ1v) is 21.9. The first-order valence-electron chi connectivity index (χ1n) is 17.1. The lowest BCUT2D eigenvalue weighted by atomic mass is 10.1. The number of rotatable bonds is 26. The number of amides is 2. The summed E-state index contributed by atoms with van der Waals surface area (Å²) < 4.78 is 117. The maximum Gasteiger partial charge on any atom is 0.264 e. The quantitative estimate of drug-likeness (QED) is 0.0438. The highest BCUT2D eigenvalue weighted by atomic mass is 32.2. The van der Waals surface area contributed by atoms with Crippen molar-refractivity contribution in [1.29, 1.82) is 0 Å². The zero-order chi connectivity index (χ0) is 41.0. The Bertz CT molecular complexity index is 2020. The van der Waals surface area contributed by atoms with E-state index in [1.165, 1.54) is 12.1 Å². The van der Waals surface area contributed by atoms with Crippen LogP contribution in [0.5, 0.6) is 17.2 Å². The highest BCUT2D eigenvalue weighted by Crippen LogP contribution is 2.39. The molecule has 0 aliphatic carbocycles. The number of hydrogen-bond acceptors (Lipinski definition) is 14. The molecule has 22 heteroatoms. The van der Waals surface area contributed by atoms with Crippen LogP contribution in [0.1, 0.15) is 46.4 Å². The van der Waals surface area contributed by atoms with Gasteiger partial charge in [0, 0.05) is 30.8 Å². The van der Waals surface area contributed by atoms with Gasteiger partial charge < -0.3 is 29.6 Å². The number of ether oxygens (including phenoxy) is 4. The number of benzene rings is 3. The SMILES string of the molecule is O=C(NCCCOCCNC(=O)c1cc(OCCCS(=O)(=O)O)c(OCCCS(=O)(=O)O)c(OCCCS(=O)(=O)O)c1)c1ccc(N=Nc2ccccc2)cc1. The smallest absolute Gasteiger partial charge is 0.264 e. The monoisotopic (exact) mass is 844 g/mol. The molecular formula is C34H44N4O15S3. The van der Waals surface area contributed by atoms with Crippen LogP contribution in [0.2, 0.25) is 0 Å². The second-order valence-corrected chi connectivity index (χ2v) is 16.5. The number of carbonyl (C=O) groups is 2. The second kappa shape index (κ2) is 22.7. The van der Waals surface area contributed by atoms with Crippen LogP contribution < -0.4 is 24.8 Å². The van der Waals surface area contributed by atoms with Crippen LogP contribution in [0.4, 0.5) is 11.4 Å². The summed E-state index contributed by atoms with van der Waals surface area (Å²) in [6.45, 7) is -0.0977. The standard InChI is InChI=1S/C34H44N4O15S3/c39-33(26-10-12-29(13-11-26)38-37-28-8-2-1-3-9-28)35-14-4-16-50-20-15-36-34(40)27-24-30(51-17-5-21-54(41,42)43)32(53-19-7-23-56(47,48)49)31(25-27)52-18-6-22-55(44,45)46/h1-3,8-13,24-25H,4-7,14-23H2,(H,35,39)(H,36,40)(H,41,42,43)(H,44,45,46)(H,47,48,49). The maximum atomic E-state index is 13.1. The number of carbonyl (C=O) groups excluding carboxylic acids is 2. The molecule has 0 aromatic heterocycles. The number of hydrogen-bond donors (Lipinski definition) is 5. The maximum absolute atomic E-state index is 13.1. The van der Waals surface area contributed by atoms with Gasteiger partial charge >= 0.3 is 0 Å². The summed E-state index contributed by atoms with van der Waals surface area (Å²) in [5.41, 5.74) is 1.71. The molecule has 0 bridgehead atoms. The highest BCUT2D eigenvalue weighted by Gasteiger charge is 2.20. The average Bonchev–Trinajstić information content (AvgIpc) is 3.13. The first-order chi connectivity index (χ1) is 26.5. The molecule has 2 amide bonds. The van der Waals surface area contributed by atoms with Crippen molar-refractivity contribution in [1.82, 2.24) is 10.6 Å². The van der Waals surface area contributed by atoms with E-state index in [9.17, 15) is 34.8 Å². The topological polar surface area (TPSA) is 283 Å². The van der Waals surface area contributed by atoms with E-state index >= 15 is 0 Å². The predicted octanol–water partition coefficient (Wildman–Crippen LogP) is 3.64. The molecule has 0 saturated heterocycles. The summed E-state index contributed by atoms with van der Waals surface area (Å²) in [6.07, 6.45) is -0.0286. The molecule has 0 fully saturated rings. The lowest BCUT2D eigenvalue weighted by molar-refractivity contribution is 0.0897. The number of nitrogens with one attached hydrogen (secondary N) is 2. The van der Waals surface area contributed by atoms with Crippen molar-refractivity contribution < 1.29 is 67.4 Å². The Hall–Kier alpha value is -4.71. The lowest BCUT2D eigenvalue weighted by Gasteiger charge is -2.19. The Morgan fingerprint density at radius 3 is 1.52 bits per heavy atom. The van der Waals surface area contributed by atoms with Crippen molar-refractivity contribution in [3.05, 3.63) is 77.9 Å². The molecule has 56 heavy (non-hydrogen) atoms. The Morgan fingerprint density at radius 2 is 1.00 bits per heavy atom. The fourth-order valence-corrected chi connectivity index (χ4v) is 5.98. The van der Waals surface area contributed by atoms with Crippen molar-refractivity contribution in [2.45, 2.75) is 25.7 Å². The van der Waals surface area contributed by atoms with Gasteiger partial charge in [-0.15, -0.1) is 0 Å². The van der Waals surface area contributed by atoms with E-state index in [1.54, 1.807) is 24.3 Å². The largest absolute Gasteiger partial charge is 0.489 e. The van der Waals surface area contributed by atoms with Crippen molar-refractivity contribution in [2.75, 3.05) is 63.4 Å². The van der Waals surface area contributed by atoms with E-state index in [1.807, 2.05) is 30.3 Å². The summed E-state index contributed by atoms with van der Waals surface area (Å²) in [7, 11) is -12.9. The van der Waals surface area contributed by atoms with Crippen LogP contribution in [0.3, 0.4) is 0 Å². The van der Waals surface area contributed by atoms with Gasteiger partial charge in [0.2, 0.25) is 5.75 Å². The lowest BCUT2D eigenvalue weighted by Crippen LogP contribution is -2.28. The highest BCUT2D eigenvalue weighted by molar-refractivity contribution is 7.86. The van der Waals surface area contributed by atoms with Gasteiger partial charge in [0.05, 0.1) is 55.1 Å². The molecule has 0 radical (unpaired) electrons. The molecule has 0 saturated carbocycles. The van der Waals surface area contributed by atoms with Crippen molar-refractivity contribution in [2.24, 2.45) is 10.2 Å². The van der Waals surface area contributed by atoms with Crippen molar-refractivity contribution in [3.63, 3.8) is 0 Å². The fraction of sp³-hybridized carbons (Fsp3) is 0.412.